The number of amides is 1. The Morgan fingerprint density at radius 1 is 1.07 bits per heavy atom. The van der Waals surface area contributed by atoms with Gasteiger partial charge in [-0.1, -0.05) is 23.7 Å². The summed E-state index contributed by atoms with van der Waals surface area (Å²) in [5.41, 5.74) is 1.42. The van der Waals surface area contributed by atoms with E-state index in [1.165, 1.54) is 18.2 Å². The Balaban J connectivity index is 1.84. The van der Waals surface area contributed by atoms with E-state index in [2.05, 4.69) is 10.0 Å². The lowest BCUT2D eigenvalue weighted by Crippen LogP contribution is -2.27. The average Bonchev–Trinajstić information content (AvgIpc) is 3.08. The number of aryl methyl sites for hydroxylation is 2. The van der Waals surface area contributed by atoms with Gasteiger partial charge in [0.1, 0.15) is 11.5 Å². The van der Waals surface area contributed by atoms with Crippen LogP contribution in [0.5, 0.6) is 0 Å². The molecule has 0 saturated heterocycles. The summed E-state index contributed by atoms with van der Waals surface area (Å²) in [5.74, 6) is 0.829. The smallest absolute Gasteiger partial charge is 0.261 e. The van der Waals surface area contributed by atoms with Gasteiger partial charge in [0.05, 0.1) is 21.5 Å². The molecule has 0 aliphatic heterocycles. The molecule has 0 saturated carbocycles. The molecule has 0 aliphatic rings. The predicted octanol–water partition coefficient (Wildman–Crippen LogP) is 4.84. The Hall–Kier alpha value is -2.77. The Kier molecular flexibility index (Phi) is 6.00. The molecule has 2 aromatic carbocycles. The van der Waals surface area contributed by atoms with Crippen LogP contribution in [0.2, 0.25) is 5.02 Å². The summed E-state index contributed by atoms with van der Waals surface area (Å²) in [7, 11) is -3.89. The number of rotatable bonds is 6. The van der Waals surface area contributed by atoms with Gasteiger partial charge in [0, 0.05) is 5.69 Å². The second-order valence-corrected chi connectivity index (χ2v) is 8.85. The molecule has 29 heavy (non-hydrogen) atoms. The number of carbonyl (C=O) groups is 1. The van der Waals surface area contributed by atoms with Crippen molar-refractivity contribution < 1.29 is 17.6 Å². The number of halogens is 1. The van der Waals surface area contributed by atoms with Gasteiger partial charge in [0.15, 0.2) is 0 Å². The highest BCUT2D eigenvalue weighted by molar-refractivity contribution is 7.92. The molecule has 2 N–H and O–H groups in total. The highest BCUT2D eigenvalue weighted by atomic mass is 35.5. The zero-order chi connectivity index (χ0) is 21.2. The van der Waals surface area contributed by atoms with Crippen LogP contribution in [0.3, 0.4) is 0 Å². The van der Waals surface area contributed by atoms with Crippen LogP contribution in [-0.2, 0) is 10.0 Å². The second-order valence-electron chi connectivity index (χ2n) is 6.76. The topological polar surface area (TPSA) is 88.4 Å². The summed E-state index contributed by atoms with van der Waals surface area (Å²) in [6.45, 7) is 5.44. The fraction of sp³-hybridized carbons (Fsp3) is 0.190. The molecule has 0 fully saturated rings. The molecule has 6 nitrogen and oxygen atoms in total. The molecule has 1 unspecified atom stereocenters. The van der Waals surface area contributed by atoms with Crippen LogP contribution in [0, 0.1) is 13.8 Å². The van der Waals surface area contributed by atoms with Crippen molar-refractivity contribution in [2.45, 2.75) is 31.7 Å². The molecule has 1 atom stereocenters. The van der Waals surface area contributed by atoms with E-state index in [9.17, 15) is 13.2 Å². The van der Waals surface area contributed by atoms with Crippen molar-refractivity contribution >= 4 is 33.2 Å². The minimum absolute atomic E-state index is 0.0601. The van der Waals surface area contributed by atoms with Gasteiger partial charge in [0.25, 0.3) is 15.9 Å². The normalized spacial score (nSPS) is 12.4. The molecule has 8 heteroatoms. The van der Waals surface area contributed by atoms with Gasteiger partial charge in [-0.3, -0.25) is 9.52 Å². The SMILES string of the molecule is Cc1cccc(NS(=O)(=O)c2ccc(Cl)c(C(=O)NC(C)c3ccc(C)o3)c2)c1. The van der Waals surface area contributed by atoms with E-state index in [1.54, 1.807) is 37.3 Å². The molecule has 1 amide bonds. The van der Waals surface area contributed by atoms with Crippen molar-refractivity contribution in [1.29, 1.82) is 0 Å². The molecule has 1 heterocycles. The lowest BCUT2D eigenvalue weighted by Gasteiger charge is -2.14. The van der Waals surface area contributed by atoms with Gasteiger partial charge < -0.3 is 9.73 Å². The van der Waals surface area contributed by atoms with E-state index < -0.39 is 22.0 Å². The molecule has 152 valence electrons. The van der Waals surface area contributed by atoms with E-state index in [0.29, 0.717) is 11.4 Å². The minimum Gasteiger partial charge on any atom is -0.464 e. The maximum absolute atomic E-state index is 12.7. The summed E-state index contributed by atoms with van der Waals surface area (Å²) in [4.78, 5) is 12.6. The lowest BCUT2D eigenvalue weighted by atomic mass is 10.2. The molecule has 0 bridgehead atoms. The van der Waals surface area contributed by atoms with Crippen LogP contribution in [0.15, 0.2) is 63.9 Å². The number of carbonyl (C=O) groups excluding carboxylic acids is 1. The predicted molar refractivity (Wildman–Crippen MR) is 113 cm³/mol. The van der Waals surface area contributed by atoms with Crippen molar-refractivity contribution in [1.82, 2.24) is 5.32 Å². The number of sulfonamides is 1. The Labute approximate surface area is 174 Å². The summed E-state index contributed by atoms with van der Waals surface area (Å²) in [6, 6.07) is 14.2. The Bertz CT molecular complexity index is 1150. The number of anilines is 1. The Morgan fingerprint density at radius 2 is 1.83 bits per heavy atom. The van der Waals surface area contributed by atoms with Gasteiger partial charge in [-0.15, -0.1) is 0 Å². The summed E-state index contributed by atoms with van der Waals surface area (Å²) in [5, 5.41) is 2.92. The van der Waals surface area contributed by atoms with Gasteiger partial charge in [-0.05, 0) is 68.8 Å². The van der Waals surface area contributed by atoms with Crippen molar-refractivity contribution in [3.63, 3.8) is 0 Å². The molecule has 1 aromatic heterocycles. The third-order valence-corrected chi connectivity index (χ3v) is 6.01. The second kappa shape index (κ2) is 8.31. The number of hydrogen-bond acceptors (Lipinski definition) is 4. The van der Waals surface area contributed by atoms with Gasteiger partial charge in [-0.25, -0.2) is 8.42 Å². The van der Waals surface area contributed by atoms with Crippen molar-refractivity contribution in [2.75, 3.05) is 4.72 Å². The molecular weight excluding hydrogens is 412 g/mol. The van der Waals surface area contributed by atoms with Gasteiger partial charge in [-0.2, -0.15) is 0 Å². The lowest BCUT2D eigenvalue weighted by molar-refractivity contribution is 0.0935. The summed E-state index contributed by atoms with van der Waals surface area (Å²) < 4.78 is 33.5. The Morgan fingerprint density at radius 3 is 2.48 bits per heavy atom. The number of benzene rings is 2. The molecule has 3 aromatic rings. The quantitative estimate of drug-likeness (QED) is 0.583. The molecule has 0 radical (unpaired) electrons. The van der Waals surface area contributed by atoms with Crippen molar-refractivity contribution in [3.05, 3.63) is 82.3 Å². The monoisotopic (exact) mass is 432 g/mol. The van der Waals surface area contributed by atoms with Crippen LogP contribution < -0.4 is 10.0 Å². The maximum atomic E-state index is 12.7. The van der Waals surface area contributed by atoms with Crippen LogP contribution in [0.25, 0.3) is 0 Å². The average molecular weight is 433 g/mol. The van der Waals surface area contributed by atoms with E-state index in [-0.39, 0.29) is 15.5 Å². The summed E-state index contributed by atoms with van der Waals surface area (Å²) >= 11 is 6.16. The first-order valence-corrected chi connectivity index (χ1v) is 10.8. The minimum atomic E-state index is -3.89. The molecule has 0 aliphatic carbocycles. The fourth-order valence-electron chi connectivity index (χ4n) is 2.80. The zero-order valence-electron chi connectivity index (χ0n) is 16.2. The van der Waals surface area contributed by atoms with Crippen molar-refractivity contribution in [3.8, 4) is 0 Å². The van der Waals surface area contributed by atoms with E-state index in [4.69, 9.17) is 16.0 Å². The van der Waals surface area contributed by atoms with Crippen LogP contribution in [-0.4, -0.2) is 14.3 Å². The highest BCUT2D eigenvalue weighted by Crippen LogP contribution is 2.24. The molecular formula is C21H21ClN2O4S. The molecule has 0 spiro atoms. The van der Waals surface area contributed by atoms with Gasteiger partial charge in [0.2, 0.25) is 0 Å². The highest BCUT2D eigenvalue weighted by Gasteiger charge is 2.21. The number of furan rings is 1. The van der Waals surface area contributed by atoms with Crippen LogP contribution >= 0.6 is 11.6 Å². The van der Waals surface area contributed by atoms with E-state index in [1.807, 2.05) is 19.9 Å². The molecule has 3 rings (SSSR count). The van der Waals surface area contributed by atoms with E-state index in [0.717, 1.165) is 11.3 Å². The standard InChI is InChI=1S/C21H21ClN2O4S/c1-13-5-4-6-16(11-13)24-29(26,27)17-8-9-19(22)18(12-17)21(25)23-15(3)20-10-7-14(2)28-20/h4-12,15,24H,1-3H3,(H,23,25). The van der Waals surface area contributed by atoms with E-state index >= 15 is 0 Å². The third kappa shape index (κ3) is 4.99. The number of hydrogen-bond donors (Lipinski definition) is 2. The van der Waals surface area contributed by atoms with Crippen molar-refractivity contribution in [2.24, 2.45) is 0 Å². The number of nitrogens with one attached hydrogen (secondary N) is 2. The first-order chi connectivity index (χ1) is 13.7. The first kappa shape index (κ1) is 21.0. The van der Waals surface area contributed by atoms with Gasteiger partial charge >= 0.3 is 0 Å². The van der Waals surface area contributed by atoms with Crippen LogP contribution in [0.1, 0.15) is 40.4 Å². The summed E-state index contributed by atoms with van der Waals surface area (Å²) in [6.07, 6.45) is 0. The maximum Gasteiger partial charge on any atom is 0.261 e. The van der Waals surface area contributed by atoms with Crippen LogP contribution in [0.4, 0.5) is 5.69 Å². The third-order valence-electron chi connectivity index (χ3n) is 4.30. The first-order valence-electron chi connectivity index (χ1n) is 8.92. The fourth-order valence-corrected chi connectivity index (χ4v) is 4.08. The largest absolute Gasteiger partial charge is 0.464 e. The zero-order valence-corrected chi connectivity index (χ0v) is 17.8.